The summed E-state index contributed by atoms with van der Waals surface area (Å²) in [5.41, 5.74) is 5.50. The van der Waals surface area contributed by atoms with Crippen LogP contribution in [0.1, 0.15) is 27.5 Å². The molecule has 1 saturated heterocycles. The smallest absolute Gasteiger partial charge is 0.251 e. The molecule has 0 saturated carbocycles. The molecule has 1 heterocycles. The van der Waals surface area contributed by atoms with Crippen molar-refractivity contribution in [1.82, 2.24) is 10.2 Å². The minimum Gasteiger partial charge on any atom is -0.390 e. The van der Waals surface area contributed by atoms with Gasteiger partial charge in [-0.25, -0.2) is 4.99 Å². The molecule has 6 nitrogen and oxygen atoms in total. The first kappa shape index (κ1) is 21.4. The second-order valence-electron chi connectivity index (χ2n) is 8.44. The Morgan fingerprint density at radius 1 is 1.00 bits per heavy atom. The lowest BCUT2D eigenvalue weighted by atomic mass is 10.0. The maximum absolute atomic E-state index is 13.0. The van der Waals surface area contributed by atoms with Gasteiger partial charge in [-0.2, -0.15) is 0 Å². The van der Waals surface area contributed by atoms with E-state index in [4.69, 9.17) is 4.74 Å². The summed E-state index contributed by atoms with van der Waals surface area (Å²) >= 11 is 0. The molecule has 3 aromatic rings. The number of aliphatic imine (C=N–C) groups is 1. The number of hydrogen-bond acceptors (Lipinski definition) is 4. The van der Waals surface area contributed by atoms with Gasteiger partial charge < -0.3 is 20.1 Å². The minimum atomic E-state index is -0.661. The van der Waals surface area contributed by atoms with Crippen molar-refractivity contribution in [2.24, 2.45) is 4.99 Å². The summed E-state index contributed by atoms with van der Waals surface area (Å²) in [5.74, 6) is -0.200. The molecule has 1 aliphatic carbocycles. The molecule has 33 heavy (non-hydrogen) atoms. The van der Waals surface area contributed by atoms with Gasteiger partial charge in [0.15, 0.2) is 0 Å². The molecular formula is C27H27N3O3. The van der Waals surface area contributed by atoms with Gasteiger partial charge >= 0.3 is 0 Å². The molecule has 0 bridgehead atoms. The second kappa shape index (κ2) is 9.57. The summed E-state index contributed by atoms with van der Waals surface area (Å²) in [6.45, 7) is 3.08. The van der Waals surface area contributed by atoms with Crippen molar-refractivity contribution in [3.63, 3.8) is 0 Å². The minimum absolute atomic E-state index is 0.200. The highest BCUT2D eigenvalue weighted by atomic mass is 16.5. The van der Waals surface area contributed by atoms with E-state index in [0.29, 0.717) is 25.2 Å². The fourth-order valence-electron chi connectivity index (χ4n) is 4.37. The van der Waals surface area contributed by atoms with Gasteiger partial charge in [0.05, 0.1) is 37.4 Å². The van der Waals surface area contributed by atoms with Gasteiger partial charge in [0.1, 0.15) is 0 Å². The maximum Gasteiger partial charge on any atom is 0.251 e. The average molecular weight is 442 g/mol. The molecule has 1 amide bonds. The number of carbonyl (C=O) groups excluding carboxylic acids is 1. The summed E-state index contributed by atoms with van der Waals surface area (Å²) in [6, 6.07) is 23.0. The Labute approximate surface area is 193 Å². The van der Waals surface area contributed by atoms with Crippen molar-refractivity contribution in [2.45, 2.75) is 18.6 Å². The summed E-state index contributed by atoms with van der Waals surface area (Å²) in [6.07, 6.45) is 1.70. The Morgan fingerprint density at radius 3 is 2.48 bits per heavy atom. The topological polar surface area (TPSA) is 74.2 Å². The number of nitrogens with one attached hydrogen (secondary N) is 1. The lowest BCUT2D eigenvalue weighted by molar-refractivity contribution is 0.0701. The van der Waals surface area contributed by atoms with Crippen LogP contribution in [0, 0.1) is 0 Å². The van der Waals surface area contributed by atoms with Crippen molar-refractivity contribution in [3.05, 3.63) is 89.5 Å². The van der Waals surface area contributed by atoms with Crippen LogP contribution in [-0.4, -0.2) is 54.7 Å². The van der Waals surface area contributed by atoms with Gasteiger partial charge in [-0.3, -0.25) is 4.79 Å². The SMILES string of the molecule is O=C(NC1c2cc(N=CN3CCOCC3)ccc2CC1O)c1ccc(-c2ccccc2)cc1. The predicted octanol–water partition coefficient (Wildman–Crippen LogP) is 3.73. The van der Waals surface area contributed by atoms with E-state index in [1.54, 1.807) is 0 Å². The zero-order chi connectivity index (χ0) is 22.6. The molecule has 2 aliphatic rings. The highest BCUT2D eigenvalue weighted by Gasteiger charge is 2.32. The second-order valence-corrected chi connectivity index (χ2v) is 8.44. The number of hydrogen-bond donors (Lipinski definition) is 2. The van der Waals surface area contributed by atoms with Crippen LogP contribution in [-0.2, 0) is 11.2 Å². The molecule has 2 atom stereocenters. The van der Waals surface area contributed by atoms with Gasteiger partial charge in [-0.05, 0) is 46.5 Å². The average Bonchev–Trinajstić information content (AvgIpc) is 3.18. The molecule has 1 aliphatic heterocycles. The van der Waals surface area contributed by atoms with Crippen molar-refractivity contribution in [2.75, 3.05) is 26.3 Å². The lowest BCUT2D eigenvalue weighted by Crippen LogP contribution is -2.35. The summed E-state index contributed by atoms with van der Waals surface area (Å²) in [7, 11) is 0. The zero-order valence-corrected chi connectivity index (χ0v) is 18.4. The van der Waals surface area contributed by atoms with E-state index in [1.807, 2.05) is 79.1 Å². The van der Waals surface area contributed by atoms with E-state index in [0.717, 1.165) is 41.0 Å². The largest absolute Gasteiger partial charge is 0.390 e. The third-order valence-electron chi connectivity index (χ3n) is 6.23. The number of aliphatic hydroxyl groups excluding tert-OH is 1. The number of morpholine rings is 1. The highest BCUT2D eigenvalue weighted by Crippen LogP contribution is 2.34. The highest BCUT2D eigenvalue weighted by molar-refractivity contribution is 5.95. The van der Waals surface area contributed by atoms with Crippen LogP contribution in [0.4, 0.5) is 5.69 Å². The molecular weight excluding hydrogens is 414 g/mol. The van der Waals surface area contributed by atoms with E-state index >= 15 is 0 Å². The number of fused-ring (bicyclic) bond motifs is 1. The fraction of sp³-hybridized carbons (Fsp3) is 0.259. The number of ether oxygens (including phenoxy) is 1. The number of carbonyl (C=O) groups is 1. The zero-order valence-electron chi connectivity index (χ0n) is 18.4. The van der Waals surface area contributed by atoms with Gasteiger partial charge in [-0.1, -0.05) is 48.5 Å². The van der Waals surface area contributed by atoms with Crippen molar-refractivity contribution in [3.8, 4) is 11.1 Å². The molecule has 0 spiro atoms. The van der Waals surface area contributed by atoms with Crippen LogP contribution in [0.15, 0.2) is 77.8 Å². The Morgan fingerprint density at radius 2 is 1.73 bits per heavy atom. The first-order valence-corrected chi connectivity index (χ1v) is 11.3. The van der Waals surface area contributed by atoms with Gasteiger partial charge in [-0.15, -0.1) is 0 Å². The normalized spacial score (nSPS) is 20.1. The van der Waals surface area contributed by atoms with Gasteiger partial charge in [0, 0.05) is 25.1 Å². The molecule has 0 aromatic heterocycles. The van der Waals surface area contributed by atoms with E-state index < -0.39 is 12.1 Å². The number of rotatable bonds is 5. The molecule has 2 unspecified atom stereocenters. The standard InChI is InChI=1S/C27H27N3O3/c31-25-16-22-10-11-23(28-18-30-12-14-33-15-13-30)17-24(22)26(25)29-27(32)21-8-6-20(7-9-21)19-4-2-1-3-5-19/h1-11,17-18,25-26,31H,12-16H2,(H,29,32). The molecule has 0 radical (unpaired) electrons. The first-order chi connectivity index (χ1) is 16.2. The van der Waals surface area contributed by atoms with E-state index in [1.165, 1.54) is 0 Å². The van der Waals surface area contributed by atoms with Crippen molar-refractivity contribution in [1.29, 1.82) is 0 Å². The van der Waals surface area contributed by atoms with Crippen LogP contribution < -0.4 is 5.32 Å². The summed E-state index contributed by atoms with van der Waals surface area (Å²) in [4.78, 5) is 19.7. The molecule has 6 heteroatoms. The van der Waals surface area contributed by atoms with Crippen LogP contribution in [0.5, 0.6) is 0 Å². The molecule has 2 N–H and O–H groups in total. The van der Waals surface area contributed by atoms with Gasteiger partial charge in [0.25, 0.3) is 5.91 Å². The fourth-order valence-corrected chi connectivity index (χ4v) is 4.37. The number of aliphatic hydroxyl groups is 1. The number of amides is 1. The maximum atomic E-state index is 13.0. The van der Waals surface area contributed by atoms with E-state index in [9.17, 15) is 9.90 Å². The predicted molar refractivity (Wildman–Crippen MR) is 129 cm³/mol. The molecule has 168 valence electrons. The van der Waals surface area contributed by atoms with E-state index in [-0.39, 0.29) is 5.91 Å². The summed E-state index contributed by atoms with van der Waals surface area (Å²) < 4.78 is 5.37. The molecule has 1 fully saturated rings. The molecule has 5 rings (SSSR count). The van der Waals surface area contributed by atoms with Crippen molar-refractivity contribution >= 4 is 17.9 Å². The Bertz CT molecular complexity index is 1140. The van der Waals surface area contributed by atoms with Crippen LogP contribution in [0.3, 0.4) is 0 Å². The van der Waals surface area contributed by atoms with Crippen LogP contribution in [0.25, 0.3) is 11.1 Å². The van der Waals surface area contributed by atoms with E-state index in [2.05, 4.69) is 15.2 Å². The van der Waals surface area contributed by atoms with Crippen LogP contribution >= 0.6 is 0 Å². The summed E-state index contributed by atoms with van der Waals surface area (Å²) in [5, 5.41) is 13.7. The van der Waals surface area contributed by atoms with Crippen molar-refractivity contribution < 1.29 is 14.6 Å². The third kappa shape index (κ3) is 4.82. The van der Waals surface area contributed by atoms with Crippen LogP contribution in [0.2, 0.25) is 0 Å². The Kier molecular flexibility index (Phi) is 6.19. The molecule has 3 aromatic carbocycles. The Balaban J connectivity index is 1.30. The number of benzene rings is 3. The quantitative estimate of drug-likeness (QED) is 0.467. The Hall–Kier alpha value is -3.48. The third-order valence-corrected chi connectivity index (χ3v) is 6.23. The first-order valence-electron chi connectivity index (χ1n) is 11.3. The number of nitrogens with zero attached hydrogens (tertiary/aromatic N) is 2. The lowest BCUT2D eigenvalue weighted by Gasteiger charge is -2.24. The monoisotopic (exact) mass is 441 g/mol. The van der Waals surface area contributed by atoms with Gasteiger partial charge in [0.2, 0.25) is 0 Å².